The summed E-state index contributed by atoms with van der Waals surface area (Å²) in [4.78, 5) is 35.8. The van der Waals surface area contributed by atoms with Crippen LogP contribution in [0, 0.1) is 0 Å². The van der Waals surface area contributed by atoms with E-state index in [0.29, 0.717) is 30.0 Å². The SMILES string of the molecule is CCNC(=O)COc1ccc(/C=N/N2C(=O)NC(C)(CC)C2=O)cc1OC. The second kappa shape index (κ2) is 8.52. The number of urea groups is 1. The Labute approximate surface area is 157 Å². The number of rotatable bonds is 8. The molecule has 0 saturated carbocycles. The number of hydrogen-bond donors (Lipinski definition) is 2. The molecule has 1 aliphatic heterocycles. The first-order valence-electron chi connectivity index (χ1n) is 8.62. The normalized spacial score (nSPS) is 19.3. The average Bonchev–Trinajstić information content (AvgIpc) is 2.88. The van der Waals surface area contributed by atoms with E-state index in [4.69, 9.17) is 9.47 Å². The third kappa shape index (κ3) is 4.55. The molecule has 1 saturated heterocycles. The second-order valence-electron chi connectivity index (χ2n) is 6.13. The number of ether oxygens (including phenoxy) is 2. The van der Waals surface area contributed by atoms with Gasteiger partial charge < -0.3 is 20.1 Å². The molecule has 9 nitrogen and oxygen atoms in total. The number of benzene rings is 1. The standard InChI is InChI=1S/C18H24N4O5/c1-5-18(3)16(24)22(17(25)21-18)20-10-12-7-8-13(14(9-12)26-4)27-11-15(23)19-6-2/h7-10H,5-6,11H2,1-4H3,(H,19,23)(H,21,25)/b20-10+. The lowest BCUT2D eigenvalue weighted by atomic mass is 10.00. The number of nitrogens with zero attached hydrogens (tertiary/aromatic N) is 2. The molecule has 0 radical (unpaired) electrons. The molecule has 1 heterocycles. The summed E-state index contributed by atoms with van der Waals surface area (Å²) < 4.78 is 10.7. The zero-order valence-electron chi connectivity index (χ0n) is 15.9. The van der Waals surface area contributed by atoms with Crippen LogP contribution in [0.3, 0.4) is 0 Å². The van der Waals surface area contributed by atoms with Gasteiger partial charge >= 0.3 is 6.03 Å². The van der Waals surface area contributed by atoms with Crippen LogP contribution in [-0.4, -0.2) is 54.9 Å². The Balaban J connectivity index is 2.11. The maximum absolute atomic E-state index is 12.3. The van der Waals surface area contributed by atoms with Gasteiger partial charge in [-0.2, -0.15) is 5.10 Å². The van der Waals surface area contributed by atoms with E-state index in [1.54, 1.807) is 25.1 Å². The lowest BCUT2D eigenvalue weighted by molar-refractivity contribution is -0.130. The van der Waals surface area contributed by atoms with Gasteiger partial charge in [-0.1, -0.05) is 6.92 Å². The van der Waals surface area contributed by atoms with Gasteiger partial charge in [0.15, 0.2) is 18.1 Å². The molecule has 1 unspecified atom stereocenters. The van der Waals surface area contributed by atoms with Crippen molar-refractivity contribution in [1.82, 2.24) is 15.6 Å². The Kier molecular flexibility index (Phi) is 6.38. The predicted octanol–water partition coefficient (Wildman–Crippen LogP) is 1.26. The summed E-state index contributed by atoms with van der Waals surface area (Å²) in [6.45, 7) is 5.69. The van der Waals surface area contributed by atoms with Crippen LogP contribution in [0.2, 0.25) is 0 Å². The molecule has 1 aliphatic rings. The average molecular weight is 376 g/mol. The molecule has 1 aromatic carbocycles. The molecular weight excluding hydrogens is 352 g/mol. The van der Waals surface area contributed by atoms with Crippen LogP contribution >= 0.6 is 0 Å². The van der Waals surface area contributed by atoms with Crippen molar-refractivity contribution in [2.24, 2.45) is 5.10 Å². The van der Waals surface area contributed by atoms with E-state index >= 15 is 0 Å². The van der Waals surface area contributed by atoms with E-state index in [1.165, 1.54) is 13.3 Å². The van der Waals surface area contributed by atoms with Crippen LogP contribution in [0.1, 0.15) is 32.8 Å². The minimum atomic E-state index is -0.942. The van der Waals surface area contributed by atoms with Gasteiger partial charge in [0.1, 0.15) is 5.54 Å². The van der Waals surface area contributed by atoms with Crippen molar-refractivity contribution in [2.75, 3.05) is 20.3 Å². The fourth-order valence-corrected chi connectivity index (χ4v) is 2.41. The largest absolute Gasteiger partial charge is 0.493 e. The van der Waals surface area contributed by atoms with Crippen LogP contribution in [0.25, 0.3) is 0 Å². The maximum Gasteiger partial charge on any atom is 0.346 e. The smallest absolute Gasteiger partial charge is 0.346 e. The minimum Gasteiger partial charge on any atom is -0.493 e. The molecule has 1 atom stereocenters. The highest BCUT2D eigenvalue weighted by Gasteiger charge is 2.46. The van der Waals surface area contributed by atoms with Gasteiger partial charge in [0, 0.05) is 6.54 Å². The van der Waals surface area contributed by atoms with E-state index < -0.39 is 17.5 Å². The molecule has 1 fully saturated rings. The number of carbonyl (C=O) groups excluding carboxylic acids is 3. The molecule has 2 rings (SSSR count). The molecule has 0 bridgehead atoms. The van der Waals surface area contributed by atoms with Gasteiger partial charge in [-0.3, -0.25) is 9.59 Å². The first-order chi connectivity index (χ1) is 12.8. The monoisotopic (exact) mass is 376 g/mol. The summed E-state index contributed by atoms with van der Waals surface area (Å²) in [5.74, 6) is 0.163. The number of methoxy groups -OCH3 is 1. The predicted molar refractivity (Wildman–Crippen MR) is 98.8 cm³/mol. The highest BCUT2D eigenvalue weighted by atomic mass is 16.5. The number of hydrogen-bond acceptors (Lipinski definition) is 6. The van der Waals surface area contributed by atoms with Crippen molar-refractivity contribution >= 4 is 24.1 Å². The summed E-state index contributed by atoms with van der Waals surface area (Å²) in [6.07, 6.45) is 1.85. The van der Waals surface area contributed by atoms with Crippen molar-refractivity contribution in [1.29, 1.82) is 0 Å². The quantitative estimate of drug-likeness (QED) is 0.524. The van der Waals surface area contributed by atoms with Crippen molar-refractivity contribution in [3.05, 3.63) is 23.8 Å². The number of carbonyl (C=O) groups is 3. The van der Waals surface area contributed by atoms with Crippen LogP contribution in [0.4, 0.5) is 4.79 Å². The fraction of sp³-hybridized carbons (Fsp3) is 0.444. The highest BCUT2D eigenvalue weighted by Crippen LogP contribution is 2.28. The van der Waals surface area contributed by atoms with E-state index in [0.717, 1.165) is 5.01 Å². The summed E-state index contributed by atoms with van der Waals surface area (Å²) in [5, 5.41) is 10.1. The van der Waals surface area contributed by atoms with Crippen LogP contribution in [-0.2, 0) is 9.59 Å². The van der Waals surface area contributed by atoms with Crippen LogP contribution in [0.5, 0.6) is 11.5 Å². The molecule has 146 valence electrons. The Hall–Kier alpha value is -3.10. The molecule has 0 aliphatic carbocycles. The molecule has 0 aromatic heterocycles. The number of imide groups is 1. The van der Waals surface area contributed by atoms with Crippen molar-refractivity contribution in [2.45, 2.75) is 32.7 Å². The van der Waals surface area contributed by atoms with Crippen LogP contribution in [0.15, 0.2) is 23.3 Å². The van der Waals surface area contributed by atoms with Gasteiger partial charge in [-0.15, -0.1) is 5.01 Å². The molecule has 0 spiro atoms. The van der Waals surface area contributed by atoms with E-state index in [-0.39, 0.29) is 12.5 Å². The molecular formula is C18H24N4O5. The molecule has 2 N–H and O–H groups in total. The third-order valence-corrected chi connectivity index (χ3v) is 4.19. The number of amides is 4. The first kappa shape index (κ1) is 20.2. The fourth-order valence-electron chi connectivity index (χ4n) is 2.41. The molecule has 9 heteroatoms. The molecule has 27 heavy (non-hydrogen) atoms. The second-order valence-corrected chi connectivity index (χ2v) is 6.13. The summed E-state index contributed by atoms with van der Waals surface area (Å²) in [5.41, 5.74) is -0.342. The van der Waals surface area contributed by atoms with Gasteiger partial charge in [-0.05, 0) is 44.0 Å². The van der Waals surface area contributed by atoms with Crippen molar-refractivity contribution < 1.29 is 23.9 Å². The zero-order chi connectivity index (χ0) is 20.0. The van der Waals surface area contributed by atoms with Crippen molar-refractivity contribution in [3.63, 3.8) is 0 Å². The summed E-state index contributed by atoms with van der Waals surface area (Å²) >= 11 is 0. The van der Waals surface area contributed by atoms with Gasteiger partial charge in [0.2, 0.25) is 0 Å². The Morgan fingerprint density at radius 1 is 1.33 bits per heavy atom. The van der Waals surface area contributed by atoms with E-state index in [9.17, 15) is 14.4 Å². The number of hydrazone groups is 1. The number of nitrogens with one attached hydrogen (secondary N) is 2. The lowest BCUT2D eigenvalue weighted by Crippen LogP contribution is -2.42. The van der Waals surface area contributed by atoms with Gasteiger partial charge in [-0.25, -0.2) is 4.79 Å². The number of likely N-dealkylation sites (N-methyl/N-ethyl adjacent to an activating group) is 1. The first-order valence-corrected chi connectivity index (χ1v) is 8.62. The lowest BCUT2D eigenvalue weighted by Gasteiger charge is -2.17. The molecule has 1 aromatic rings. The Morgan fingerprint density at radius 2 is 2.07 bits per heavy atom. The van der Waals surface area contributed by atoms with E-state index in [1.807, 2.05) is 13.8 Å². The highest BCUT2D eigenvalue weighted by molar-refractivity contribution is 6.07. The zero-order valence-corrected chi connectivity index (χ0v) is 15.9. The van der Waals surface area contributed by atoms with Gasteiger partial charge in [0.05, 0.1) is 13.3 Å². The topological polar surface area (TPSA) is 109 Å². The Bertz CT molecular complexity index is 764. The molecule has 4 amide bonds. The van der Waals surface area contributed by atoms with Gasteiger partial charge in [0.25, 0.3) is 11.8 Å². The van der Waals surface area contributed by atoms with Crippen LogP contribution < -0.4 is 20.1 Å². The maximum atomic E-state index is 12.3. The summed E-state index contributed by atoms with van der Waals surface area (Å²) in [7, 11) is 1.47. The van der Waals surface area contributed by atoms with Crippen molar-refractivity contribution in [3.8, 4) is 11.5 Å². The Morgan fingerprint density at radius 3 is 2.67 bits per heavy atom. The third-order valence-electron chi connectivity index (χ3n) is 4.19. The van der Waals surface area contributed by atoms with E-state index in [2.05, 4.69) is 15.7 Å². The summed E-state index contributed by atoms with van der Waals surface area (Å²) in [6, 6.07) is 4.38. The minimum absolute atomic E-state index is 0.129.